The van der Waals surface area contributed by atoms with Gasteiger partial charge in [0.15, 0.2) is 17.3 Å². The number of benzene rings is 2. The summed E-state index contributed by atoms with van der Waals surface area (Å²) in [6.07, 6.45) is 2.97. The fourth-order valence-electron chi connectivity index (χ4n) is 2.40. The molecule has 2 aromatic carbocycles. The Bertz CT molecular complexity index is 1030. The van der Waals surface area contributed by atoms with Crippen LogP contribution in [0.2, 0.25) is 0 Å². The van der Waals surface area contributed by atoms with Crippen molar-refractivity contribution in [2.75, 3.05) is 5.32 Å². The lowest BCUT2D eigenvalue weighted by atomic mass is 10.1. The lowest BCUT2D eigenvalue weighted by Gasteiger charge is -2.03. The summed E-state index contributed by atoms with van der Waals surface area (Å²) in [6.45, 7) is 0. The Morgan fingerprint density at radius 2 is 1.77 bits per heavy atom. The van der Waals surface area contributed by atoms with Crippen LogP contribution >= 0.6 is 11.3 Å². The Balaban J connectivity index is 1.47. The first-order valence-electron chi connectivity index (χ1n) is 7.71. The zero-order valence-electron chi connectivity index (χ0n) is 13.3. The lowest BCUT2D eigenvalue weighted by molar-refractivity contribution is 0.102. The van der Waals surface area contributed by atoms with Crippen molar-refractivity contribution >= 4 is 22.4 Å². The smallest absolute Gasteiger partial charge is 0.257 e. The zero-order valence-corrected chi connectivity index (χ0v) is 14.2. The molecule has 5 nitrogen and oxygen atoms in total. The molecule has 0 unspecified atom stereocenters. The molecule has 0 aliphatic heterocycles. The van der Waals surface area contributed by atoms with Gasteiger partial charge >= 0.3 is 0 Å². The monoisotopic (exact) mass is 365 g/mol. The highest BCUT2D eigenvalue weighted by Gasteiger charge is 2.11. The largest absolute Gasteiger partial charge is 0.444 e. The predicted octanol–water partition coefficient (Wildman–Crippen LogP) is 4.86. The quantitative estimate of drug-likeness (QED) is 0.561. The second kappa shape index (κ2) is 6.89. The number of amides is 1. The second-order valence-electron chi connectivity index (χ2n) is 5.44. The van der Waals surface area contributed by atoms with Crippen molar-refractivity contribution in [3.63, 3.8) is 0 Å². The number of rotatable bonds is 4. The molecule has 0 saturated carbocycles. The number of nitrogens with zero attached hydrogens (tertiary/aromatic N) is 2. The number of carbonyl (C=O) groups excluding carboxylic acids is 1. The first-order valence-corrected chi connectivity index (χ1v) is 8.59. The molecule has 4 aromatic rings. The number of halogens is 1. The number of nitrogens with one attached hydrogen (secondary N) is 1. The van der Waals surface area contributed by atoms with Gasteiger partial charge in [0.25, 0.3) is 5.91 Å². The van der Waals surface area contributed by atoms with E-state index in [0.29, 0.717) is 22.1 Å². The van der Waals surface area contributed by atoms with E-state index in [-0.39, 0.29) is 11.7 Å². The first-order chi connectivity index (χ1) is 12.7. The van der Waals surface area contributed by atoms with Crippen LogP contribution in [0.3, 0.4) is 0 Å². The Morgan fingerprint density at radius 1 is 1.04 bits per heavy atom. The average Bonchev–Trinajstić information content (AvgIpc) is 3.35. The van der Waals surface area contributed by atoms with Crippen LogP contribution in [0.4, 0.5) is 9.52 Å². The highest BCUT2D eigenvalue weighted by atomic mass is 32.1. The molecule has 0 aliphatic rings. The molecule has 0 aliphatic carbocycles. The standard InChI is InChI=1S/C19H12FN3O2S/c20-15-7-5-12(6-8-15)16-10-26-19(22-16)23-18(24)14-3-1-13(2-4-14)17-9-21-11-25-17/h1-11H,(H,22,23,24). The van der Waals surface area contributed by atoms with E-state index in [9.17, 15) is 9.18 Å². The molecule has 0 saturated heterocycles. The number of carbonyl (C=O) groups is 1. The van der Waals surface area contributed by atoms with Gasteiger partial charge in [-0.05, 0) is 36.4 Å². The molecule has 1 amide bonds. The van der Waals surface area contributed by atoms with E-state index in [1.807, 2.05) is 5.38 Å². The molecule has 7 heteroatoms. The molecule has 4 rings (SSSR count). The Hall–Kier alpha value is -3.32. The van der Waals surface area contributed by atoms with Crippen molar-refractivity contribution in [3.8, 4) is 22.6 Å². The lowest BCUT2D eigenvalue weighted by Crippen LogP contribution is -2.11. The molecule has 0 radical (unpaired) electrons. The van der Waals surface area contributed by atoms with Crippen LogP contribution in [0.5, 0.6) is 0 Å². The SMILES string of the molecule is O=C(Nc1nc(-c2ccc(F)cc2)cs1)c1ccc(-c2cnco2)cc1. The van der Waals surface area contributed by atoms with Gasteiger partial charge in [-0.3, -0.25) is 10.1 Å². The summed E-state index contributed by atoms with van der Waals surface area (Å²) in [5, 5.41) is 5.07. The summed E-state index contributed by atoms with van der Waals surface area (Å²) >= 11 is 1.31. The van der Waals surface area contributed by atoms with Gasteiger partial charge in [0.1, 0.15) is 5.82 Å². The van der Waals surface area contributed by atoms with Crippen molar-refractivity contribution in [3.05, 3.63) is 77.9 Å². The maximum atomic E-state index is 13.0. The molecule has 1 N–H and O–H groups in total. The van der Waals surface area contributed by atoms with Crippen molar-refractivity contribution < 1.29 is 13.6 Å². The van der Waals surface area contributed by atoms with Gasteiger partial charge in [-0.15, -0.1) is 11.3 Å². The van der Waals surface area contributed by atoms with Crippen LogP contribution in [0.15, 0.2) is 70.9 Å². The van der Waals surface area contributed by atoms with Gasteiger partial charge in [-0.1, -0.05) is 12.1 Å². The summed E-state index contributed by atoms with van der Waals surface area (Å²) in [5.41, 5.74) is 2.82. The number of hydrogen-bond donors (Lipinski definition) is 1. The van der Waals surface area contributed by atoms with Crippen LogP contribution < -0.4 is 5.32 Å². The molecular weight excluding hydrogens is 353 g/mol. The van der Waals surface area contributed by atoms with Crippen LogP contribution in [0.1, 0.15) is 10.4 Å². The normalized spacial score (nSPS) is 10.7. The highest BCUT2D eigenvalue weighted by molar-refractivity contribution is 7.14. The number of thiazole rings is 1. The Kier molecular flexibility index (Phi) is 4.28. The van der Waals surface area contributed by atoms with Gasteiger partial charge in [0.05, 0.1) is 11.9 Å². The average molecular weight is 365 g/mol. The third kappa shape index (κ3) is 3.38. The topological polar surface area (TPSA) is 68.0 Å². The van der Waals surface area contributed by atoms with E-state index in [2.05, 4.69) is 15.3 Å². The zero-order chi connectivity index (χ0) is 17.9. The summed E-state index contributed by atoms with van der Waals surface area (Å²) in [4.78, 5) is 20.6. The third-order valence-electron chi connectivity index (χ3n) is 3.73. The molecule has 2 aromatic heterocycles. The van der Waals surface area contributed by atoms with Crippen LogP contribution in [-0.4, -0.2) is 15.9 Å². The van der Waals surface area contributed by atoms with Crippen LogP contribution in [0, 0.1) is 5.82 Å². The summed E-state index contributed by atoms with van der Waals surface area (Å²) in [6, 6.07) is 13.1. The molecule has 0 spiro atoms. The molecular formula is C19H12FN3O2S. The molecule has 0 fully saturated rings. The van der Waals surface area contributed by atoms with E-state index in [4.69, 9.17) is 4.42 Å². The van der Waals surface area contributed by atoms with E-state index in [0.717, 1.165) is 11.1 Å². The van der Waals surface area contributed by atoms with Gasteiger partial charge in [-0.2, -0.15) is 0 Å². The molecule has 0 bridgehead atoms. The minimum atomic E-state index is -0.300. The van der Waals surface area contributed by atoms with Crippen LogP contribution in [0.25, 0.3) is 22.6 Å². The minimum absolute atomic E-state index is 0.255. The molecule has 128 valence electrons. The first kappa shape index (κ1) is 16.2. The van der Waals surface area contributed by atoms with E-state index < -0.39 is 0 Å². The number of oxazole rings is 1. The van der Waals surface area contributed by atoms with E-state index in [1.165, 1.54) is 29.9 Å². The van der Waals surface area contributed by atoms with Crippen LogP contribution in [-0.2, 0) is 0 Å². The minimum Gasteiger partial charge on any atom is -0.444 e. The van der Waals surface area contributed by atoms with Crippen molar-refractivity contribution in [1.82, 2.24) is 9.97 Å². The van der Waals surface area contributed by atoms with Crippen molar-refractivity contribution in [2.24, 2.45) is 0 Å². The van der Waals surface area contributed by atoms with E-state index in [1.54, 1.807) is 42.6 Å². The van der Waals surface area contributed by atoms with Gasteiger partial charge in [-0.25, -0.2) is 14.4 Å². The highest BCUT2D eigenvalue weighted by Crippen LogP contribution is 2.25. The predicted molar refractivity (Wildman–Crippen MR) is 97.4 cm³/mol. The van der Waals surface area contributed by atoms with E-state index >= 15 is 0 Å². The Labute approximate surface area is 152 Å². The molecule has 2 heterocycles. The summed E-state index contributed by atoms with van der Waals surface area (Å²) < 4.78 is 18.2. The van der Waals surface area contributed by atoms with Crippen molar-refractivity contribution in [1.29, 1.82) is 0 Å². The number of aromatic nitrogens is 2. The second-order valence-corrected chi connectivity index (χ2v) is 6.30. The molecule has 0 atom stereocenters. The van der Waals surface area contributed by atoms with Gasteiger partial charge < -0.3 is 4.42 Å². The van der Waals surface area contributed by atoms with Gasteiger partial charge in [0, 0.05) is 22.1 Å². The maximum Gasteiger partial charge on any atom is 0.257 e. The molecule has 26 heavy (non-hydrogen) atoms. The van der Waals surface area contributed by atoms with Crippen molar-refractivity contribution in [2.45, 2.75) is 0 Å². The summed E-state index contributed by atoms with van der Waals surface area (Å²) in [7, 11) is 0. The fourth-order valence-corrected chi connectivity index (χ4v) is 3.11. The fraction of sp³-hybridized carbons (Fsp3) is 0. The summed E-state index contributed by atoms with van der Waals surface area (Å²) in [5.74, 6) is 0.0845. The van der Waals surface area contributed by atoms with Gasteiger partial charge in [0.2, 0.25) is 0 Å². The number of hydrogen-bond acceptors (Lipinski definition) is 5. The Morgan fingerprint density at radius 3 is 2.46 bits per heavy atom. The number of anilines is 1. The maximum absolute atomic E-state index is 13.0. The third-order valence-corrected chi connectivity index (χ3v) is 4.49.